The minimum atomic E-state index is -0.424. The van der Waals surface area contributed by atoms with Crippen molar-refractivity contribution in [2.75, 3.05) is 38.7 Å². The van der Waals surface area contributed by atoms with Crippen LogP contribution in [-0.2, 0) is 4.74 Å². The van der Waals surface area contributed by atoms with Crippen molar-refractivity contribution in [1.29, 1.82) is 0 Å². The Morgan fingerprint density at radius 2 is 2.25 bits per heavy atom. The average Bonchev–Trinajstić information content (AvgIpc) is 2.84. The number of aromatic amines is 1. The van der Waals surface area contributed by atoms with Gasteiger partial charge in [0.25, 0.3) is 5.69 Å². The number of methoxy groups -OCH3 is 1. The second kappa shape index (κ2) is 6.83. The number of ether oxygens (including phenoxy) is 1. The van der Waals surface area contributed by atoms with E-state index in [2.05, 4.69) is 20.6 Å². The number of rotatable bonds is 8. The lowest BCUT2D eigenvalue weighted by Gasteiger charge is -2.04. The molecule has 0 amide bonds. The molecule has 3 N–H and O–H groups in total. The molecule has 8 nitrogen and oxygen atoms in total. The fourth-order valence-corrected chi connectivity index (χ4v) is 1.76. The molecule has 0 aliphatic heterocycles. The lowest BCUT2D eigenvalue weighted by Crippen LogP contribution is -2.25. The lowest BCUT2D eigenvalue weighted by atomic mass is 10.3. The van der Waals surface area contributed by atoms with Crippen molar-refractivity contribution in [3.8, 4) is 0 Å². The van der Waals surface area contributed by atoms with E-state index < -0.39 is 4.92 Å². The fraction of sp³-hybridized carbons (Fsp3) is 0.417. The van der Waals surface area contributed by atoms with Crippen molar-refractivity contribution in [3.63, 3.8) is 0 Å². The van der Waals surface area contributed by atoms with Crippen LogP contribution >= 0.6 is 0 Å². The Hall–Kier alpha value is -2.19. The molecular formula is C12H17N5O3. The normalized spacial score (nSPS) is 10.8. The average molecular weight is 279 g/mol. The number of nitro benzene ring substituents is 1. The van der Waals surface area contributed by atoms with E-state index >= 15 is 0 Å². The Kier molecular flexibility index (Phi) is 4.85. The van der Waals surface area contributed by atoms with Gasteiger partial charge in [-0.2, -0.15) is 0 Å². The maximum atomic E-state index is 10.7. The summed E-state index contributed by atoms with van der Waals surface area (Å²) >= 11 is 0. The van der Waals surface area contributed by atoms with Gasteiger partial charge in [0.15, 0.2) is 0 Å². The summed E-state index contributed by atoms with van der Waals surface area (Å²) in [5.41, 5.74) is 1.40. The van der Waals surface area contributed by atoms with Gasteiger partial charge in [-0.25, -0.2) is 4.98 Å². The number of hydrogen-bond acceptors (Lipinski definition) is 6. The topological polar surface area (TPSA) is 105 Å². The second-order valence-corrected chi connectivity index (χ2v) is 4.21. The molecule has 0 radical (unpaired) electrons. The van der Waals surface area contributed by atoms with Gasteiger partial charge in [0.05, 0.1) is 22.6 Å². The number of nitrogens with one attached hydrogen (secondary N) is 3. The van der Waals surface area contributed by atoms with Gasteiger partial charge >= 0.3 is 0 Å². The highest BCUT2D eigenvalue weighted by atomic mass is 16.6. The second-order valence-electron chi connectivity index (χ2n) is 4.21. The van der Waals surface area contributed by atoms with Crippen molar-refractivity contribution in [1.82, 2.24) is 15.3 Å². The molecule has 0 unspecified atom stereocenters. The Morgan fingerprint density at radius 1 is 1.40 bits per heavy atom. The number of fused-ring (bicyclic) bond motifs is 1. The fourth-order valence-electron chi connectivity index (χ4n) is 1.76. The molecule has 0 aliphatic carbocycles. The predicted octanol–water partition coefficient (Wildman–Crippen LogP) is 1.12. The third kappa shape index (κ3) is 3.65. The van der Waals surface area contributed by atoms with Crippen LogP contribution < -0.4 is 10.6 Å². The first kappa shape index (κ1) is 14.2. The van der Waals surface area contributed by atoms with Gasteiger partial charge < -0.3 is 20.4 Å². The molecule has 1 aromatic carbocycles. The molecule has 0 bridgehead atoms. The van der Waals surface area contributed by atoms with E-state index in [9.17, 15) is 10.1 Å². The molecule has 0 spiro atoms. The molecular weight excluding hydrogens is 262 g/mol. The lowest BCUT2D eigenvalue weighted by molar-refractivity contribution is -0.384. The number of hydrogen-bond donors (Lipinski definition) is 3. The predicted molar refractivity (Wildman–Crippen MR) is 76.0 cm³/mol. The summed E-state index contributed by atoms with van der Waals surface area (Å²) in [5.74, 6) is 0.606. The molecule has 0 fully saturated rings. The van der Waals surface area contributed by atoms with Gasteiger partial charge in [0.1, 0.15) is 0 Å². The summed E-state index contributed by atoms with van der Waals surface area (Å²) in [6.45, 7) is 2.95. The minimum Gasteiger partial charge on any atom is -0.383 e. The molecule has 0 saturated carbocycles. The summed E-state index contributed by atoms with van der Waals surface area (Å²) in [6, 6.07) is 4.55. The van der Waals surface area contributed by atoms with Crippen LogP contribution in [0.1, 0.15) is 0 Å². The standard InChI is InChI=1S/C12H17N5O3/c1-20-7-6-13-4-5-14-12-15-10-3-2-9(17(18)19)8-11(10)16-12/h2-3,8,13H,4-7H2,1H3,(H2,14,15,16). The molecule has 1 aromatic heterocycles. The Balaban J connectivity index is 1.89. The molecule has 1 heterocycles. The van der Waals surface area contributed by atoms with E-state index in [4.69, 9.17) is 4.74 Å². The van der Waals surface area contributed by atoms with Crippen molar-refractivity contribution in [3.05, 3.63) is 28.3 Å². The zero-order valence-corrected chi connectivity index (χ0v) is 11.2. The van der Waals surface area contributed by atoms with Crippen molar-refractivity contribution in [2.45, 2.75) is 0 Å². The van der Waals surface area contributed by atoms with Crippen molar-refractivity contribution < 1.29 is 9.66 Å². The van der Waals surface area contributed by atoms with E-state index in [-0.39, 0.29) is 5.69 Å². The zero-order chi connectivity index (χ0) is 14.4. The van der Waals surface area contributed by atoms with Crippen LogP contribution in [0, 0.1) is 10.1 Å². The third-order valence-corrected chi connectivity index (χ3v) is 2.75. The van der Waals surface area contributed by atoms with Crippen molar-refractivity contribution in [2.24, 2.45) is 0 Å². The number of imidazole rings is 1. The number of nitro groups is 1. The Bertz CT molecular complexity index is 583. The Labute approximate surface area is 115 Å². The van der Waals surface area contributed by atoms with Crippen LogP contribution in [0.4, 0.5) is 11.6 Å². The summed E-state index contributed by atoms with van der Waals surface area (Å²) in [5, 5.41) is 17.0. The van der Waals surface area contributed by atoms with Crippen LogP contribution in [0.2, 0.25) is 0 Å². The maximum Gasteiger partial charge on any atom is 0.271 e. The highest BCUT2D eigenvalue weighted by molar-refractivity contribution is 5.79. The summed E-state index contributed by atoms with van der Waals surface area (Å²) in [7, 11) is 1.66. The first-order valence-electron chi connectivity index (χ1n) is 6.28. The highest BCUT2D eigenvalue weighted by Crippen LogP contribution is 2.20. The van der Waals surface area contributed by atoms with E-state index in [0.717, 1.165) is 13.1 Å². The number of nitrogens with zero attached hydrogens (tertiary/aromatic N) is 2. The highest BCUT2D eigenvalue weighted by Gasteiger charge is 2.09. The number of non-ortho nitro benzene ring substituents is 1. The number of aromatic nitrogens is 2. The van der Waals surface area contributed by atoms with Gasteiger partial charge in [0, 0.05) is 38.9 Å². The van der Waals surface area contributed by atoms with Gasteiger partial charge in [-0.15, -0.1) is 0 Å². The number of benzene rings is 1. The molecule has 0 saturated heterocycles. The number of H-pyrrole nitrogens is 1. The third-order valence-electron chi connectivity index (χ3n) is 2.75. The van der Waals surface area contributed by atoms with Crippen LogP contribution in [-0.4, -0.2) is 48.2 Å². The molecule has 0 aliphatic rings. The zero-order valence-electron chi connectivity index (χ0n) is 11.2. The van der Waals surface area contributed by atoms with E-state index in [1.54, 1.807) is 13.2 Å². The van der Waals surface area contributed by atoms with E-state index in [0.29, 0.717) is 30.1 Å². The van der Waals surface area contributed by atoms with Gasteiger partial charge in [-0.1, -0.05) is 0 Å². The van der Waals surface area contributed by atoms with Crippen LogP contribution in [0.5, 0.6) is 0 Å². The largest absolute Gasteiger partial charge is 0.383 e. The SMILES string of the molecule is COCCNCCNc1nc2ccc([N+](=O)[O-])cc2[nH]1. The molecule has 20 heavy (non-hydrogen) atoms. The van der Waals surface area contributed by atoms with Gasteiger partial charge in [-0.3, -0.25) is 10.1 Å². The molecule has 2 rings (SSSR count). The molecule has 2 aromatic rings. The Morgan fingerprint density at radius 3 is 3.00 bits per heavy atom. The summed E-state index contributed by atoms with van der Waals surface area (Å²) < 4.78 is 4.92. The number of anilines is 1. The van der Waals surface area contributed by atoms with Crippen LogP contribution in [0.3, 0.4) is 0 Å². The summed E-state index contributed by atoms with van der Waals surface area (Å²) in [4.78, 5) is 17.6. The maximum absolute atomic E-state index is 10.7. The first-order chi connectivity index (χ1) is 9.70. The molecule has 8 heteroatoms. The first-order valence-corrected chi connectivity index (χ1v) is 6.28. The molecule has 0 atom stereocenters. The molecule has 108 valence electrons. The van der Waals surface area contributed by atoms with Gasteiger partial charge in [0.2, 0.25) is 5.95 Å². The van der Waals surface area contributed by atoms with E-state index in [1.807, 2.05) is 0 Å². The quantitative estimate of drug-likeness (QED) is 0.380. The summed E-state index contributed by atoms with van der Waals surface area (Å²) in [6.07, 6.45) is 0. The van der Waals surface area contributed by atoms with E-state index in [1.165, 1.54) is 12.1 Å². The smallest absolute Gasteiger partial charge is 0.271 e. The monoisotopic (exact) mass is 279 g/mol. The van der Waals surface area contributed by atoms with Gasteiger partial charge in [-0.05, 0) is 6.07 Å². The van der Waals surface area contributed by atoms with Crippen LogP contribution in [0.15, 0.2) is 18.2 Å². The minimum absolute atomic E-state index is 0.0499. The van der Waals surface area contributed by atoms with Crippen molar-refractivity contribution >= 4 is 22.7 Å². The van der Waals surface area contributed by atoms with Crippen LogP contribution in [0.25, 0.3) is 11.0 Å².